The van der Waals surface area contributed by atoms with Crippen LogP contribution in [0.2, 0.25) is 0 Å². The maximum atomic E-state index is 12.9. The predicted molar refractivity (Wildman–Crippen MR) is 172 cm³/mol. The van der Waals surface area contributed by atoms with Crippen molar-refractivity contribution in [1.29, 1.82) is 0 Å². The molecule has 1 saturated heterocycles. The monoisotopic (exact) mass is 594 g/mol. The average Bonchev–Trinajstić information content (AvgIpc) is 3.21. The number of fused-ring (bicyclic) bond motifs is 1. The van der Waals surface area contributed by atoms with Gasteiger partial charge >= 0.3 is 0 Å². The Kier molecular flexibility index (Phi) is 9.05. The smallest absolute Gasteiger partial charge is 0.166 e. The summed E-state index contributed by atoms with van der Waals surface area (Å²) in [5, 5.41) is 0. The molecule has 6 heteroatoms. The summed E-state index contributed by atoms with van der Waals surface area (Å²) in [4.78, 5) is 15.5. The van der Waals surface area contributed by atoms with Gasteiger partial charge < -0.3 is 15.2 Å². The van der Waals surface area contributed by atoms with E-state index >= 15 is 0 Å². The van der Waals surface area contributed by atoms with Gasteiger partial charge in [-0.2, -0.15) is 0 Å². The predicted octanol–water partition coefficient (Wildman–Crippen LogP) is 7.48. The van der Waals surface area contributed by atoms with Crippen LogP contribution < -0.4 is 15.2 Å². The maximum absolute atomic E-state index is 12.9. The van der Waals surface area contributed by atoms with Crippen molar-refractivity contribution >= 4 is 18.2 Å². The van der Waals surface area contributed by atoms with E-state index in [0.717, 1.165) is 49.5 Å². The number of methoxy groups -OCH3 is 2. The van der Waals surface area contributed by atoms with Crippen LogP contribution in [-0.2, 0) is 13.0 Å². The van der Waals surface area contributed by atoms with Gasteiger partial charge in [0.15, 0.2) is 17.3 Å². The van der Waals surface area contributed by atoms with Crippen LogP contribution in [0.15, 0.2) is 42.5 Å². The van der Waals surface area contributed by atoms with Gasteiger partial charge in [0.05, 0.1) is 14.2 Å². The zero-order valence-corrected chi connectivity index (χ0v) is 26.9. The summed E-state index contributed by atoms with van der Waals surface area (Å²) in [6.45, 7) is 8.21. The number of benzene rings is 2. The van der Waals surface area contributed by atoms with Crippen molar-refractivity contribution in [3.05, 3.63) is 59.2 Å². The Labute approximate surface area is 259 Å². The quantitative estimate of drug-likeness (QED) is 0.376. The number of ketones is 1. The number of nitrogens with two attached hydrogens (primary N) is 1. The number of rotatable bonds is 6. The van der Waals surface area contributed by atoms with Crippen LogP contribution in [0, 0.1) is 28.6 Å². The Bertz CT molecular complexity index is 1210. The summed E-state index contributed by atoms with van der Waals surface area (Å²) in [5.41, 5.74) is 11.2. The van der Waals surface area contributed by atoms with Gasteiger partial charge in [-0.25, -0.2) is 0 Å². The fourth-order valence-corrected chi connectivity index (χ4v) is 10.2. The molecule has 42 heavy (non-hydrogen) atoms. The van der Waals surface area contributed by atoms with Gasteiger partial charge in [-0.1, -0.05) is 44.2 Å². The molecule has 230 valence electrons. The van der Waals surface area contributed by atoms with Crippen LogP contribution in [0.5, 0.6) is 11.5 Å². The molecule has 1 aliphatic heterocycles. The zero-order valence-electron chi connectivity index (χ0n) is 26.1. The van der Waals surface area contributed by atoms with E-state index in [4.69, 9.17) is 15.2 Å². The number of Topliss-reactive ketones (excluding diaryl/α,β-unsaturated/α-hetero) is 1. The normalized spacial score (nSPS) is 33.4. The molecule has 2 N–H and O–H groups in total. The van der Waals surface area contributed by atoms with Crippen molar-refractivity contribution in [2.75, 3.05) is 27.3 Å². The van der Waals surface area contributed by atoms with E-state index in [1.54, 1.807) is 14.2 Å². The lowest BCUT2D eigenvalue weighted by atomic mass is 9.43. The topological polar surface area (TPSA) is 64.8 Å². The largest absolute Gasteiger partial charge is 0.493 e. The molecule has 0 spiro atoms. The summed E-state index contributed by atoms with van der Waals surface area (Å²) < 4.78 is 10.8. The second kappa shape index (κ2) is 12.1. The highest BCUT2D eigenvalue weighted by Gasteiger charge is 2.58. The van der Waals surface area contributed by atoms with Crippen molar-refractivity contribution in [3.8, 4) is 11.5 Å². The van der Waals surface area contributed by atoms with E-state index in [9.17, 15) is 4.79 Å². The lowest BCUT2D eigenvalue weighted by Gasteiger charge is -2.64. The molecule has 5 aliphatic carbocycles. The van der Waals surface area contributed by atoms with Gasteiger partial charge in [0.25, 0.3) is 0 Å². The zero-order chi connectivity index (χ0) is 28.8. The highest BCUT2D eigenvalue weighted by molar-refractivity contribution is 6.02. The van der Waals surface area contributed by atoms with E-state index in [1.807, 2.05) is 12.1 Å². The van der Waals surface area contributed by atoms with Crippen molar-refractivity contribution in [2.24, 2.45) is 34.3 Å². The number of nitrogens with zero attached hydrogens (tertiary/aromatic N) is 1. The van der Waals surface area contributed by atoms with Gasteiger partial charge in [-0.05, 0) is 123 Å². The number of piperidine rings is 1. The molecule has 0 aromatic heterocycles. The first-order valence-corrected chi connectivity index (χ1v) is 15.9. The fraction of sp³-hybridized carbons (Fsp3) is 0.639. The standard InChI is InChI=1S/C24H29NO3.C12H21N.ClH/c1-27-22-14-19-13-20(24(26)21(19)15-23(22)28-2)12-17-8-10-25(11-9-17)16-18-6-4-3-5-7-18;1-10-3-9-4-11(2,6-10)8-12(13,5-9)7-10;/h3-7,14-15,17,20H,8-13,16H2,1-2H3;9H,3-8,13H2,1-2H3;1H/t;9?,10-,11+,12?;. The Balaban J connectivity index is 0.000000209. The number of ether oxygens (including phenoxy) is 2. The average molecular weight is 595 g/mol. The third-order valence-corrected chi connectivity index (χ3v) is 11.0. The molecule has 4 saturated carbocycles. The fourth-order valence-electron chi connectivity index (χ4n) is 10.2. The number of hydrogen-bond donors (Lipinski definition) is 1. The van der Waals surface area contributed by atoms with Crippen molar-refractivity contribution in [3.63, 3.8) is 0 Å². The van der Waals surface area contributed by atoms with Crippen LogP contribution in [0.4, 0.5) is 0 Å². The second-order valence-electron chi connectivity index (χ2n) is 15.1. The molecule has 6 aliphatic rings. The Morgan fingerprint density at radius 3 is 2.10 bits per heavy atom. The number of halogens is 1. The van der Waals surface area contributed by atoms with Crippen LogP contribution in [0.3, 0.4) is 0 Å². The lowest BCUT2D eigenvalue weighted by molar-refractivity contribution is -0.104. The van der Waals surface area contributed by atoms with Gasteiger partial charge in [-0.3, -0.25) is 9.69 Å². The van der Waals surface area contributed by atoms with E-state index in [1.165, 1.54) is 56.9 Å². The van der Waals surface area contributed by atoms with E-state index < -0.39 is 0 Å². The summed E-state index contributed by atoms with van der Waals surface area (Å²) in [7, 11) is 3.26. The lowest BCUT2D eigenvalue weighted by Crippen LogP contribution is -2.62. The molecule has 5 nitrogen and oxygen atoms in total. The van der Waals surface area contributed by atoms with Crippen molar-refractivity contribution < 1.29 is 14.3 Å². The Morgan fingerprint density at radius 1 is 0.905 bits per heavy atom. The summed E-state index contributed by atoms with van der Waals surface area (Å²) in [6, 6.07) is 14.5. The van der Waals surface area contributed by atoms with Crippen LogP contribution in [0.1, 0.15) is 93.1 Å². The van der Waals surface area contributed by atoms with E-state index in [0.29, 0.717) is 28.2 Å². The molecule has 5 atom stereocenters. The molecule has 3 unspecified atom stereocenters. The van der Waals surface area contributed by atoms with Gasteiger partial charge in [-0.15, -0.1) is 12.4 Å². The minimum Gasteiger partial charge on any atom is -0.493 e. The molecule has 4 bridgehead atoms. The first-order chi connectivity index (χ1) is 19.6. The highest BCUT2D eigenvalue weighted by Crippen LogP contribution is 2.65. The van der Waals surface area contributed by atoms with Crippen LogP contribution in [-0.4, -0.2) is 43.5 Å². The molecular formula is C36H51ClN2O3. The number of likely N-dealkylation sites (tertiary alicyclic amines) is 1. The third kappa shape index (κ3) is 6.54. The Morgan fingerprint density at radius 2 is 1.52 bits per heavy atom. The van der Waals surface area contributed by atoms with Crippen molar-refractivity contribution in [2.45, 2.75) is 90.1 Å². The van der Waals surface area contributed by atoms with Gasteiger partial charge in [0.2, 0.25) is 0 Å². The van der Waals surface area contributed by atoms with Crippen LogP contribution >= 0.6 is 12.4 Å². The van der Waals surface area contributed by atoms with Gasteiger partial charge in [0.1, 0.15) is 0 Å². The number of hydrogen-bond acceptors (Lipinski definition) is 5. The van der Waals surface area contributed by atoms with Gasteiger partial charge in [0, 0.05) is 23.6 Å². The number of carbonyl (C=O) groups is 1. The van der Waals surface area contributed by atoms with Crippen LogP contribution in [0.25, 0.3) is 0 Å². The minimum absolute atomic E-state index is 0. The summed E-state index contributed by atoms with van der Waals surface area (Å²) in [6.07, 6.45) is 12.5. The van der Waals surface area contributed by atoms with Crippen molar-refractivity contribution in [1.82, 2.24) is 4.90 Å². The second-order valence-corrected chi connectivity index (χ2v) is 15.1. The third-order valence-electron chi connectivity index (χ3n) is 11.0. The molecule has 2 aromatic rings. The SMILES string of the molecule is COc1cc2c(cc1OC)C(=O)C(CC1CCN(Cc3ccccc3)CC1)C2.C[C@]12CC3CC(N)(C1)C[C@@](C)(C3)C2.Cl. The highest BCUT2D eigenvalue weighted by atomic mass is 35.5. The molecular weight excluding hydrogens is 544 g/mol. The summed E-state index contributed by atoms with van der Waals surface area (Å²) in [5.74, 6) is 3.34. The molecule has 5 fully saturated rings. The molecule has 2 aromatic carbocycles. The summed E-state index contributed by atoms with van der Waals surface area (Å²) >= 11 is 0. The molecule has 8 rings (SSSR count). The number of carbonyl (C=O) groups excluding carboxylic acids is 1. The first-order valence-electron chi connectivity index (χ1n) is 15.9. The Hall–Kier alpha value is -2.08. The molecule has 0 amide bonds. The minimum atomic E-state index is 0. The molecule has 1 heterocycles. The molecule has 0 radical (unpaired) electrons. The van der Waals surface area contributed by atoms with E-state index in [-0.39, 0.29) is 29.6 Å². The first kappa shape index (κ1) is 31.3. The van der Waals surface area contributed by atoms with E-state index in [2.05, 4.69) is 49.1 Å². The maximum Gasteiger partial charge on any atom is 0.166 e.